The zero-order valence-corrected chi connectivity index (χ0v) is 26.9. The Morgan fingerprint density at radius 1 is 0.864 bits per heavy atom. The number of hydrogen-bond acceptors (Lipinski definition) is 10. The maximum absolute atomic E-state index is 11.9. The fourth-order valence-electron chi connectivity index (χ4n) is 3.89. The van der Waals surface area contributed by atoms with Gasteiger partial charge in [-0.25, -0.2) is 0 Å². The van der Waals surface area contributed by atoms with E-state index in [0.717, 1.165) is 22.5 Å². The molecule has 12 heteroatoms. The lowest BCUT2D eigenvalue weighted by atomic mass is 10.1. The van der Waals surface area contributed by atoms with E-state index in [4.69, 9.17) is 31.3 Å². The molecule has 0 unspecified atom stereocenters. The number of benzene rings is 2. The highest BCUT2D eigenvalue weighted by molar-refractivity contribution is 5.72. The molecule has 0 aromatic heterocycles. The Balaban J connectivity index is 0.000000442. The van der Waals surface area contributed by atoms with E-state index in [1.807, 2.05) is 52.8 Å². The molecule has 0 fully saturated rings. The second-order valence-corrected chi connectivity index (χ2v) is 12.2. The number of carbonyl (C=O) groups is 2. The highest BCUT2D eigenvalue weighted by atomic mass is 16.6. The SMILES string of the molecule is Cc1cc(N[C@H](CN)CC(=O)OC(C)(C)C)ccc1C#N.Cc1cc(N[C@H](CN=[N+]=[N-])CC(=O)OC(C)(C)C)ccc1C#N. The molecule has 2 rings (SSSR count). The van der Waals surface area contributed by atoms with Gasteiger partial charge in [0.05, 0.1) is 36.1 Å². The largest absolute Gasteiger partial charge is 0.460 e. The van der Waals surface area contributed by atoms with Crippen LogP contribution >= 0.6 is 0 Å². The van der Waals surface area contributed by atoms with Crippen LogP contribution in [0.1, 0.15) is 76.6 Å². The molecule has 0 saturated heterocycles. The van der Waals surface area contributed by atoms with E-state index in [-0.39, 0.29) is 43.4 Å². The third-order valence-corrected chi connectivity index (χ3v) is 5.75. The third-order valence-electron chi connectivity index (χ3n) is 5.75. The van der Waals surface area contributed by atoms with Crippen molar-refractivity contribution in [1.82, 2.24) is 0 Å². The third kappa shape index (κ3) is 14.9. The van der Waals surface area contributed by atoms with Crippen molar-refractivity contribution in [3.63, 3.8) is 0 Å². The molecule has 0 aliphatic heterocycles. The predicted octanol–water partition coefficient (Wildman–Crippen LogP) is 6.03. The van der Waals surface area contributed by atoms with E-state index in [9.17, 15) is 9.59 Å². The molecule has 0 heterocycles. The summed E-state index contributed by atoms with van der Waals surface area (Å²) in [6.45, 7) is 15.0. The van der Waals surface area contributed by atoms with Gasteiger partial charge in [0, 0.05) is 41.5 Å². The average molecular weight is 605 g/mol. The van der Waals surface area contributed by atoms with E-state index in [2.05, 4.69) is 32.8 Å². The lowest BCUT2D eigenvalue weighted by Crippen LogP contribution is -2.34. The number of nitrogens with two attached hydrogens (primary N) is 1. The van der Waals surface area contributed by atoms with Crippen LogP contribution in [0.3, 0.4) is 0 Å². The average Bonchev–Trinajstić information content (AvgIpc) is 2.90. The first-order valence-electron chi connectivity index (χ1n) is 14.2. The van der Waals surface area contributed by atoms with Crippen LogP contribution in [0, 0.1) is 36.5 Å². The predicted molar refractivity (Wildman–Crippen MR) is 171 cm³/mol. The molecule has 44 heavy (non-hydrogen) atoms. The minimum atomic E-state index is -0.564. The number of hydrogen-bond donors (Lipinski definition) is 3. The summed E-state index contributed by atoms with van der Waals surface area (Å²) < 4.78 is 10.6. The fourth-order valence-corrected chi connectivity index (χ4v) is 3.89. The van der Waals surface area contributed by atoms with Crippen molar-refractivity contribution in [3.05, 3.63) is 69.1 Å². The molecule has 0 aliphatic rings. The van der Waals surface area contributed by atoms with Gasteiger partial charge in [-0.05, 0) is 108 Å². The normalized spacial score (nSPS) is 12.1. The molecular formula is C32H44N8O4. The van der Waals surface area contributed by atoms with E-state index in [1.165, 1.54) is 0 Å². The molecule has 0 spiro atoms. The maximum Gasteiger partial charge on any atom is 0.308 e. The molecule has 0 saturated carbocycles. The summed E-state index contributed by atoms with van der Waals surface area (Å²) in [6.07, 6.45) is 0.280. The molecule has 0 bridgehead atoms. The summed E-state index contributed by atoms with van der Waals surface area (Å²) in [4.78, 5) is 26.5. The molecule has 0 radical (unpaired) electrons. The number of nitriles is 2. The summed E-state index contributed by atoms with van der Waals surface area (Å²) in [5, 5.41) is 27.7. The highest BCUT2D eigenvalue weighted by Crippen LogP contribution is 2.19. The van der Waals surface area contributed by atoms with Crippen molar-refractivity contribution in [1.29, 1.82) is 10.5 Å². The van der Waals surface area contributed by atoms with Gasteiger partial charge in [0.15, 0.2) is 0 Å². The summed E-state index contributed by atoms with van der Waals surface area (Å²) in [5.74, 6) is -0.649. The van der Waals surface area contributed by atoms with Gasteiger partial charge in [-0.2, -0.15) is 10.5 Å². The molecule has 236 valence electrons. The minimum absolute atomic E-state index is 0.0787. The molecule has 2 aromatic carbocycles. The van der Waals surface area contributed by atoms with Gasteiger partial charge in [0.1, 0.15) is 11.2 Å². The molecular weight excluding hydrogens is 560 g/mol. The maximum atomic E-state index is 11.9. The summed E-state index contributed by atoms with van der Waals surface area (Å²) in [6, 6.07) is 14.3. The van der Waals surface area contributed by atoms with Gasteiger partial charge < -0.3 is 25.8 Å². The van der Waals surface area contributed by atoms with Crippen LogP contribution in [-0.4, -0.2) is 48.3 Å². The van der Waals surface area contributed by atoms with Crippen LogP contribution in [0.25, 0.3) is 10.4 Å². The van der Waals surface area contributed by atoms with Crippen LogP contribution in [0.5, 0.6) is 0 Å². The monoisotopic (exact) mass is 604 g/mol. The smallest absolute Gasteiger partial charge is 0.308 e. The lowest BCUT2D eigenvalue weighted by molar-refractivity contribution is -0.156. The second kappa shape index (κ2) is 17.4. The molecule has 0 amide bonds. The quantitative estimate of drug-likeness (QED) is 0.119. The van der Waals surface area contributed by atoms with Gasteiger partial charge in [-0.1, -0.05) is 5.11 Å². The summed E-state index contributed by atoms with van der Waals surface area (Å²) >= 11 is 0. The highest BCUT2D eigenvalue weighted by Gasteiger charge is 2.21. The number of nitrogens with one attached hydrogen (secondary N) is 2. The summed E-state index contributed by atoms with van der Waals surface area (Å²) in [5.41, 5.74) is 17.7. The van der Waals surface area contributed by atoms with Crippen LogP contribution < -0.4 is 16.4 Å². The number of esters is 2. The van der Waals surface area contributed by atoms with Crippen molar-refractivity contribution in [2.45, 2.75) is 91.5 Å². The van der Waals surface area contributed by atoms with Crippen LogP contribution in [0.2, 0.25) is 0 Å². The number of anilines is 2. The van der Waals surface area contributed by atoms with Gasteiger partial charge in [-0.15, -0.1) is 0 Å². The standard InChI is InChI=1S/C16H21N5O2.C16H23N3O2/c1-11-7-13(6-5-12(11)9-17)20-14(10-19-21-18)8-15(22)23-16(2,3)4;1-11-7-13(6-5-12(11)9-17)19-14(10-18)8-15(20)21-16(2,3)4/h5-7,14,20H,8,10H2,1-4H3;5-7,14,19H,8,10,18H2,1-4H3/t2*14-/m00/s1. The molecule has 0 aliphatic carbocycles. The zero-order valence-electron chi connectivity index (χ0n) is 26.9. The first kappa shape index (κ1) is 37.3. The van der Waals surface area contributed by atoms with Crippen LogP contribution in [0.15, 0.2) is 41.5 Å². The number of rotatable bonds is 11. The molecule has 2 atom stereocenters. The minimum Gasteiger partial charge on any atom is -0.460 e. The van der Waals surface area contributed by atoms with Crippen molar-refractivity contribution >= 4 is 23.3 Å². The Morgan fingerprint density at radius 2 is 1.27 bits per heavy atom. The van der Waals surface area contributed by atoms with Crippen molar-refractivity contribution in [2.24, 2.45) is 10.8 Å². The Kier molecular flexibility index (Phi) is 14.7. The van der Waals surface area contributed by atoms with Gasteiger partial charge in [0.25, 0.3) is 0 Å². The number of azide groups is 1. The van der Waals surface area contributed by atoms with Gasteiger partial charge in [-0.3, -0.25) is 9.59 Å². The number of nitrogens with zero attached hydrogens (tertiary/aromatic N) is 5. The first-order valence-corrected chi connectivity index (χ1v) is 14.2. The van der Waals surface area contributed by atoms with Gasteiger partial charge in [0.2, 0.25) is 0 Å². The Labute approximate surface area is 260 Å². The van der Waals surface area contributed by atoms with Crippen LogP contribution in [-0.2, 0) is 19.1 Å². The Hall–Kier alpha value is -4.77. The Bertz CT molecular complexity index is 1410. The number of ether oxygens (including phenoxy) is 2. The van der Waals surface area contributed by atoms with Crippen molar-refractivity contribution in [2.75, 3.05) is 23.7 Å². The fraction of sp³-hybridized carbons (Fsp3) is 0.500. The van der Waals surface area contributed by atoms with Crippen molar-refractivity contribution < 1.29 is 19.1 Å². The molecule has 12 nitrogen and oxygen atoms in total. The number of aryl methyl sites for hydroxylation is 2. The Morgan fingerprint density at radius 3 is 1.61 bits per heavy atom. The first-order chi connectivity index (χ1) is 20.5. The topological polar surface area (TPSA) is 199 Å². The van der Waals surface area contributed by atoms with Crippen molar-refractivity contribution in [3.8, 4) is 12.1 Å². The summed E-state index contributed by atoms with van der Waals surface area (Å²) in [7, 11) is 0. The van der Waals surface area contributed by atoms with E-state index in [1.54, 1.807) is 39.0 Å². The zero-order chi connectivity index (χ0) is 33.5. The lowest BCUT2D eigenvalue weighted by Gasteiger charge is -2.23. The van der Waals surface area contributed by atoms with E-state index < -0.39 is 11.2 Å². The van der Waals surface area contributed by atoms with Gasteiger partial charge >= 0.3 is 11.9 Å². The van der Waals surface area contributed by atoms with E-state index >= 15 is 0 Å². The second-order valence-electron chi connectivity index (χ2n) is 12.2. The molecule has 4 N–H and O–H groups in total. The molecule has 2 aromatic rings. The number of carbonyl (C=O) groups excluding carboxylic acids is 2. The van der Waals surface area contributed by atoms with Crippen LogP contribution in [0.4, 0.5) is 11.4 Å². The van der Waals surface area contributed by atoms with E-state index in [0.29, 0.717) is 17.7 Å².